The molecule has 0 aromatic heterocycles. The van der Waals surface area contributed by atoms with Crippen LogP contribution < -0.4 is 0 Å². The van der Waals surface area contributed by atoms with E-state index >= 15 is 0 Å². The van der Waals surface area contributed by atoms with Crippen molar-refractivity contribution in [3.05, 3.63) is 35.6 Å². The van der Waals surface area contributed by atoms with Crippen molar-refractivity contribution < 1.29 is 41.8 Å². The number of halogens is 4. The van der Waals surface area contributed by atoms with Crippen LogP contribution in [-0.4, -0.2) is 72.1 Å². The lowest BCUT2D eigenvalue weighted by Crippen LogP contribution is -2.42. The Morgan fingerprint density at radius 3 is 2.59 bits per heavy atom. The first-order chi connectivity index (χ1) is 15.1. The number of hydroxylamine groups is 2. The number of carbonyl (C=O) groups excluding carboxylic acids is 1. The van der Waals surface area contributed by atoms with E-state index in [0.29, 0.717) is 38.0 Å². The summed E-state index contributed by atoms with van der Waals surface area (Å²) in [4.78, 5) is 28.9. The second kappa shape index (κ2) is 10.6. The molecule has 0 radical (unpaired) electrons. The Hall–Kier alpha value is -2.24. The standard InChI is InChI=1S/C19H25FN2O3.C2HF3O2/c20-16-4-1-3-14(9-16)11-21-7-5-17-15(12-21)13-24-18(17)10-19(23)22-6-2-8-25-22;3-2(4,5)1(6)7/h1,3-4,9,15,17-18H,2,5-8,10-13H2;(H,6,7)/t15-,17-,18+;/m1./s1. The molecule has 0 saturated carbocycles. The summed E-state index contributed by atoms with van der Waals surface area (Å²) in [7, 11) is 0. The number of amides is 1. The van der Waals surface area contributed by atoms with Gasteiger partial charge < -0.3 is 9.84 Å². The summed E-state index contributed by atoms with van der Waals surface area (Å²) in [5, 5.41) is 8.62. The molecule has 7 nitrogen and oxygen atoms in total. The number of carboxylic acids is 1. The van der Waals surface area contributed by atoms with Crippen LogP contribution in [0.3, 0.4) is 0 Å². The topological polar surface area (TPSA) is 79.3 Å². The summed E-state index contributed by atoms with van der Waals surface area (Å²) in [6.07, 6.45) is -2.71. The molecule has 1 amide bonds. The zero-order valence-electron chi connectivity index (χ0n) is 17.4. The predicted molar refractivity (Wildman–Crippen MR) is 104 cm³/mol. The molecular weight excluding hydrogens is 436 g/mol. The van der Waals surface area contributed by atoms with E-state index in [1.807, 2.05) is 6.07 Å². The molecule has 3 aliphatic heterocycles. The van der Waals surface area contributed by atoms with E-state index < -0.39 is 12.1 Å². The minimum Gasteiger partial charge on any atom is -0.475 e. The zero-order valence-corrected chi connectivity index (χ0v) is 17.4. The number of hydrogen-bond donors (Lipinski definition) is 1. The summed E-state index contributed by atoms with van der Waals surface area (Å²) >= 11 is 0. The molecule has 3 heterocycles. The molecule has 4 rings (SSSR count). The van der Waals surface area contributed by atoms with E-state index in [4.69, 9.17) is 19.5 Å². The lowest BCUT2D eigenvalue weighted by molar-refractivity contribution is -0.192. The molecule has 32 heavy (non-hydrogen) atoms. The summed E-state index contributed by atoms with van der Waals surface area (Å²) in [6, 6.07) is 6.82. The Balaban J connectivity index is 0.000000360. The van der Waals surface area contributed by atoms with Crippen LogP contribution in [0.25, 0.3) is 0 Å². The normalized spacial score (nSPS) is 25.8. The van der Waals surface area contributed by atoms with Gasteiger partial charge in [-0.05, 0) is 43.0 Å². The van der Waals surface area contributed by atoms with Gasteiger partial charge in [-0.2, -0.15) is 13.2 Å². The lowest BCUT2D eigenvalue weighted by Gasteiger charge is -2.35. The highest BCUT2D eigenvalue weighted by Crippen LogP contribution is 2.36. The molecule has 0 aliphatic carbocycles. The lowest BCUT2D eigenvalue weighted by atomic mass is 9.83. The number of alkyl halides is 3. The van der Waals surface area contributed by atoms with Crippen molar-refractivity contribution in [2.75, 3.05) is 32.8 Å². The van der Waals surface area contributed by atoms with E-state index in [0.717, 1.165) is 38.0 Å². The van der Waals surface area contributed by atoms with Gasteiger partial charge >= 0.3 is 12.1 Å². The Bertz CT molecular complexity index is 801. The maximum Gasteiger partial charge on any atom is 0.490 e. The minimum atomic E-state index is -5.08. The number of carbonyl (C=O) groups is 2. The van der Waals surface area contributed by atoms with Gasteiger partial charge in [0.2, 0.25) is 5.91 Å². The molecule has 3 saturated heterocycles. The van der Waals surface area contributed by atoms with Gasteiger partial charge in [0.25, 0.3) is 0 Å². The van der Waals surface area contributed by atoms with Crippen molar-refractivity contribution >= 4 is 11.9 Å². The van der Waals surface area contributed by atoms with Gasteiger partial charge in [0.05, 0.1) is 32.3 Å². The molecule has 11 heteroatoms. The monoisotopic (exact) mass is 462 g/mol. The van der Waals surface area contributed by atoms with Crippen molar-refractivity contribution in [2.45, 2.75) is 38.1 Å². The van der Waals surface area contributed by atoms with Gasteiger partial charge in [0, 0.05) is 19.0 Å². The number of carboxylic acid groups (broad SMARTS) is 1. The van der Waals surface area contributed by atoms with Gasteiger partial charge in [-0.15, -0.1) is 0 Å². The van der Waals surface area contributed by atoms with Crippen LogP contribution >= 0.6 is 0 Å². The third-order valence-corrected chi connectivity index (χ3v) is 5.82. The van der Waals surface area contributed by atoms with E-state index in [1.165, 1.54) is 11.1 Å². The first-order valence-electron chi connectivity index (χ1n) is 10.5. The van der Waals surface area contributed by atoms with E-state index in [-0.39, 0.29) is 17.8 Å². The molecule has 3 aliphatic rings. The Kier molecular flexibility index (Phi) is 8.07. The number of benzene rings is 1. The molecule has 3 atom stereocenters. The number of fused-ring (bicyclic) bond motifs is 1. The third-order valence-electron chi connectivity index (χ3n) is 5.82. The fraction of sp³-hybridized carbons (Fsp3) is 0.619. The largest absolute Gasteiger partial charge is 0.490 e. The van der Waals surface area contributed by atoms with E-state index in [1.54, 1.807) is 12.1 Å². The molecule has 1 N–H and O–H groups in total. The molecule has 1 aromatic rings. The average Bonchev–Trinajstić information content (AvgIpc) is 3.38. The molecule has 3 fully saturated rings. The average molecular weight is 462 g/mol. The molecule has 0 spiro atoms. The van der Waals surface area contributed by atoms with Crippen molar-refractivity contribution in [3.8, 4) is 0 Å². The second-order valence-electron chi connectivity index (χ2n) is 8.14. The molecular formula is C21H26F4N2O5. The van der Waals surface area contributed by atoms with Crippen molar-refractivity contribution in [3.63, 3.8) is 0 Å². The highest BCUT2D eigenvalue weighted by molar-refractivity contribution is 5.75. The van der Waals surface area contributed by atoms with Crippen LogP contribution in [0.4, 0.5) is 17.6 Å². The maximum absolute atomic E-state index is 13.4. The summed E-state index contributed by atoms with van der Waals surface area (Å²) in [6.45, 7) is 4.73. The number of piperidine rings is 1. The van der Waals surface area contributed by atoms with Crippen LogP contribution in [0.5, 0.6) is 0 Å². The summed E-state index contributed by atoms with van der Waals surface area (Å²) < 4.78 is 51.0. The number of aliphatic carboxylic acids is 1. The fourth-order valence-corrected chi connectivity index (χ4v) is 4.33. The van der Waals surface area contributed by atoms with Crippen molar-refractivity contribution in [1.82, 2.24) is 9.96 Å². The highest BCUT2D eigenvalue weighted by Gasteiger charge is 2.42. The van der Waals surface area contributed by atoms with E-state index in [2.05, 4.69) is 4.90 Å². The minimum absolute atomic E-state index is 0.0121. The molecule has 178 valence electrons. The van der Waals surface area contributed by atoms with Crippen LogP contribution in [0.1, 0.15) is 24.8 Å². The van der Waals surface area contributed by atoms with Crippen LogP contribution in [0.15, 0.2) is 24.3 Å². The SMILES string of the molecule is O=C(C[C@@H]1OC[C@H]2CN(Cc3cccc(F)c3)CC[C@H]21)N1CCCO1.O=C(O)C(F)(F)F. The first kappa shape index (κ1) is 24.4. The molecule has 1 aromatic carbocycles. The first-order valence-corrected chi connectivity index (χ1v) is 10.5. The quantitative estimate of drug-likeness (QED) is 0.694. The van der Waals surface area contributed by atoms with Gasteiger partial charge in [-0.3, -0.25) is 14.5 Å². The van der Waals surface area contributed by atoms with Crippen LogP contribution in [0.2, 0.25) is 0 Å². The predicted octanol–water partition coefficient (Wildman–Crippen LogP) is 2.85. The summed E-state index contributed by atoms with van der Waals surface area (Å²) in [5.41, 5.74) is 1.01. The van der Waals surface area contributed by atoms with Gasteiger partial charge in [0.15, 0.2) is 0 Å². The second-order valence-corrected chi connectivity index (χ2v) is 8.14. The fourth-order valence-electron chi connectivity index (χ4n) is 4.33. The Labute approximate surface area is 182 Å². The maximum atomic E-state index is 13.4. The zero-order chi connectivity index (χ0) is 23.3. The van der Waals surface area contributed by atoms with Gasteiger partial charge in [-0.25, -0.2) is 14.2 Å². The van der Waals surface area contributed by atoms with Gasteiger partial charge in [-0.1, -0.05) is 12.1 Å². The number of hydrogen-bond acceptors (Lipinski definition) is 5. The van der Waals surface area contributed by atoms with Gasteiger partial charge in [0.1, 0.15) is 5.82 Å². The Morgan fingerprint density at radius 2 is 1.97 bits per heavy atom. The number of rotatable bonds is 4. The van der Waals surface area contributed by atoms with Crippen molar-refractivity contribution in [1.29, 1.82) is 0 Å². The molecule has 0 unspecified atom stereocenters. The van der Waals surface area contributed by atoms with Crippen LogP contribution in [-0.2, 0) is 25.7 Å². The summed E-state index contributed by atoms with van der Waals surface area (Å²) in [5.74, 6) is -1.99. The molecule has 0 bridgehead atoms. The highest BCUT2D eigenvalue weighted by atomic mass is 19.4. The smallest absolute Gasteiger partial charge is 0.475 e. The Morgan fingerprint density at radius 1 is 1.22 bits per heavy atom. The number of ether oxygens (including phenoxy) is 1. The van der Waals surface area contributed by atoms with Crippen molar-refractivity contribution in [2.24, 2.45) is 11.8 Å². The number of nitrogens with zero attached hydrogens (tertiary/aromatic N) is 2. The number of likely N-dealkylation sites (tertiary alicyclic amines) is 1. The third kappa shape index (κ3) is 6.63. The van der Waals surface area contributed by atoms with Crippen LogP contribution in [0, 0.1) is 17.7 Å². The van der Waals surface area contributed by atoms with E-state index in [9.17, 15) is 22.4 Å².